The molecular formula is C24H31N3O2. The minimum Gasteiger partial charge on any atom is -0.340 e. The Hall–Kier alpha value is -2.66. The number of nitrogens with zero attached hydrogens (tertiary/aromatic N) is 2. The van der Waals surface area contributed by atoms with Gasteiger partial charge in [-0.1, -0.05) is 55.5 Å². The fraction of sp³-hybridized carbons (Fsp3) is 0.417. The number of carbonyl (C=O) groups is 2. The summed E-state index contributed by atoms with van der Waals surface area (Å²) in [4.78, 5) is 29.2. The van der Waals surface area contributed by atoms with E-state index in [9.17, 15) is 9.59 Å². The van der Waals surface area contributed by atoms with Crippen LogP contribution in [0.1, 0.15) is 36.0 Å². The molecule has 0 radical (unpaired) electrons. The molecule has 2 amide bonds. The van der Waals surface area contributed by atoms with Crippen LogP contribution in [0, 0.1) is 13.8 Å². The van der Waals surface area contributed by atoms with Crippen molar-refractivity contribution in [2.45, 2.75) is 33.1 Å². The zero-order valence-corrected chi connectivity index (χ0v) is 17.6. The maximum absolute atomic E-state index is 12.7. The molecule has 5 heteroatoms. The molecule has 154 valence electrons. The molecule has 0 spiro atoms. The summed E-state index contributed by atoms with van der Waals surface area (Å²) in [6.07, 6.45) is 0.525. The molecule has 0 aromatic heterocycles. The van der Waals surface area contributed by atoms with Crippen molar-refractivity contribution < 1.29 is 9.59 Å². The number of piperazine rings is 1. The number of carbonyl (C=O) groups excluding carboxylic acids is 2. The third kappa shape index (κ3) is 5.67. The Balaban J connectivity index is 1.45. The lowest BCUT2D eigenvalue weighted by Gasteiger charge is -2.35. The van der Waals surface area contributed by atoms with Crippen LogP contribution in [-0.4, -0.2) is 54.3 Å². The molecule has 0 bridgehead atoms. The topological polar surface area (TPSA) is 52.7 Å². The van der Waals surface area contributed by atoms with Crippen molar-refractivity contribution in [1.29, 1.82) is 0 Å². The van der Waals surface area contributed by atoms with E-state index in [1.165, 1.54) is 5.56 Å². The van der Waals surface area contributed by atoms with Crippen LogP contribution in [0.5, 0.6) is 0 Å². The summed E-state index contributed by atoms with van der Waals surface area (Å²) in [6.45, 7) is 9.27. The molecular weight excluding hydrogens is 362 g/mol. The van der Waals surface area contributed by atoms with E-state index in [1.54, 1.807) is 0 Å². The number of para-hydroxylation sites is 1. The lowest BCUT2D eigenvalue weighted by atomic mass is 9.97. The highest BCUT2D eigenvalue weighted by molar-refractivity contribution is 5.93. The number of aryl methyl sites for hydroxylation is 2. The molecule has 29 heavy (non-hydrogen) atoms. The van der Waals surface area contributed by atoms with Gasteiger partial charge in [0.15, 0.2) is 0 Å². The Morgan fingerprint density at radius 2 is 1.55 bits per heavy atom. The van der Waals surface area contributed by atoms with Crippen molar-refractivity contribution in [1.82, 2.24) is 9.80 Å². The Bertz CT molecular complexity index is 822. The van der Waals surface area contributed by atoms with Crippen molar-refractivity contribution in [2.75, 3.05) is 38.0 Å². The van der Waals surface area contributed by atoms with E-state index >= 15 is 0 Å². The molecule has 1 aliphatic heterocycles. The molecule has 1 unspecified atom stereocenters. The Kier molecular flexibility index (Phi) is 7.04. The average molecular weight is 394 g/mol. The van der Waals surface area contributed by atoms with Crippen molar-refractivity contribution in [3.8, 4) is 0 Å². The lowest BCUT2D eigenvalue weighted by molar-refractivity contribution is -0.133. The number of anilines is 1. The van der Waals surface area contributed by atoms with Gasteiger partial charge in [-0.25, -0.2) is 0 Å². The first kappa shape index (κ1) is 21.1. The summed E-state index contributed by atoms with van der Waals surface area (Å²) in [5.41, 5.74) is 4.24. The number of benzene rings is 2. The van der Waals surface area contributed by atoms with Crippen LogP contribution in [0.2, 0.25) is 0 Å². The summed E-state index contributed by atoms with van der Waals surface area (Å²) < 4.78 is 0. The molecule has 1 atom stereocenters. The van der Waals surface area contributed by atoms with Gasteiger partial charge in [-0.3, -0.25) is 14.5 Å². The highest BCUT2D eigenvalue weighted by atomic mass is 16.2. The first-order chi connectivity index (χ1) is 13.9. The second kappa shape index (κ2) is 9.70. The number of rotatable bonds is 6. The van der Waals surface area contributed by atoms with Crippen molar-refractivity contribution in [3.05, 3.63) is 65.2 Å². The van der Waals surface area contributed by atoms with Crippen LogP contribution in [-0.2, 0) is 9.59 Å². The average Bonchev–Trinajstić information content (AvgIpc) is 2.72. The number of hydrogen-bond donors (Lipinski definition) is 1. The van der Waals surface area contributed by atoms with Gasteiger partial charge in [0.2, 0.25) is 11.8 Å². The maximum Gasteiger partial charge on any atom is 0.238 e. The van der Waals surface area contributed by atoms with Crippen molar-refractivity contribution in [2.24, 2.45) is 0 Å². The normalized spacial score (nSPS) is 15.8. The van der Waals surface area contributed by atoms with E-state index in [1.807, 2.05) is 55.1 Å². The van der Waals surface area contributed by atoms with E-state index in [2.05, 4.69) is 29.3 Å². The number of amides is 2. The zero-order chi connectivity index (χ0) is 20.8. The molecule has 2 aromatic carbocycles. The third-order valence-corrected chi connectivity index (χ3v) is 5.69. The van der Waals surface area contributed by atoms with Crippen LogP contribution < -0.4 is 5.32 Å². The summed E-state index contributed by atoms with van der Waals surface area (Å²) in [7, 11) is 0. The van der Waals surface area contributed by atoms with Gasteiger partial charge in [-0.05, 0) is 36.5 Å². The van der Waals surface area contributed by atoms with Gasteiger partial charge in [0, 0.05) is 38.3 Å². The standard InChI is InChI=1S/C24H31N3O2/c1-18-8-7-9-19(2)24(18)25-22(28)17-26-12-14-27(15-13-26)23(29)16-20(3)21-10-5-4-6-11-21/h4-11,20H,12-17H2,1-3H3,(H,25,28). The van der Waals surface area contributed by atoms with E-state index in [0.29, 0.717) is 26.1 Å². The minimum atomic E-state index is -0.000114. The van der Waals surface area contributed by atoms with E-state index in [-0.39, 0.29) is 17.7 Å². The van der Waals surface area contributed by atoms with Crippen molar-refractivity contribution in [3.63, 3.8) is 0 Å². The van der Waals surface area contributed by atoms with Crippen LogP contribution in [0.25, 0.3) is 0 Å². The van der Waals surface area contributed by atoms with Crippen LogP contribution >= 0.6 is 0 Å². The molecule has 1 fully saturated rings. The van der Waals surface area contributed by atoms with Gasteiger partial charge in [0.25, 0.3) is 0 Å². The van der Waals surface area contributed by atoms with E-state index in [0.717, 1.165) is 29.9 Å². The second-order valence-corrected chi connectivity index (χ2v) is 7.99. The largest absolute Gasteiger partial charge is 0.340 e. The Morgan fingerprint density at radius 1 is 0.931 bits per heavy atom. The molecule has 1 N–H and O–H groups in total. The highest BCUT2D eigenvalue weighted by Gasteiger charge is 2.24. The number of hydrogen-bond acceptors (Lipinski definition) is 3. The summed E-state index contributed by atoms with van der Waals surface area (Å²) in [6, 6.07) is 16.2. The maximum atomic E-state index is 12.7. The van der Waals surface area contributed by atoms with Gasteiger partial charge >= 0.3 is 0 Å². The third-order valence-electron chi connectivity index (χ3n) is 5.69. The van der Waals surface area contributed by atoms with Crippen LogP contribution in [0.4, 0.5) is 5.69 Å². The van der Waals surface area contributed by atoms with Crippen LogP contribution in [0.3, 0.4) is 0 Å². The first-order valence-electron chi connectivity index (χ1n) is 10.3. The van der Waals surface area contributed by atoms with Gasteiger partial charge in [-0.2, -0.15) is 0 Å². The molecule has 3 rings (SSSR count). The van der Waals surface area contributed by atoms with Gasteiger partial charge in [0.05, 0.1) is 6.54 Å². The molecule has 1 saturated heterocycles. The minimum absolute atomic E-state index is 0.000114. The van der Waals surface area contributed by atoms with Gasteiger partial charge in [0.1, 0.15) is 0 Å². The van der Waals surface area contributed by atoms with E-state index in [4.69, 9.17) is 0 Å². The van der Waals surface area contributed by atoms with E-state index < -0.39 is 0 Å². The molecule has 0 aliphatic carbocycles. The van der Waals surface area contributed by atoms with Gasteiger partial charge < -0.3 is 10.2 Å². The Morgan fingerprint density at radius 3 is 2.17 bits per heavy atom. The fourth-order valence-electron chi connectivity index (χ4n) is 3.84. The second-order valence-electron chi connectivity index (χ2n) is 7.99. The quantitative estimate of drug-likeness (QED) is 0.816. The monoisotopic (exact) mass is 393 g/mol. The molecule has 0 saturated carbocycles. The SMILES string of the molecule is Cc1cccc(C)c1NC(=O)CN1CCN(C(=O)CC(C)c2ccccc2)CC1. The zero-order valence-electron chi connectivity index (χ0n) is 17.6. The Labute approximate surface area is 173 Å². The molecule has 1 aliphatic rings. The number of nitrogens with one attached hydrogen (secondary N) is 1. The predicted molar refractivity (Wildman–Crippen MR) is 117 cm³/mol. The summed E-state index contributed by atoms with van der Waals surface area (Å²) >= 11 is 0. The fourth-order valence-corrected chi connectivity index (χ4v) is 3.84. The van der Waals surface area contributed by atoms with Crippen molar-refractivity contribution >= 4 is 17.5 Å². The smallest absolute Gasteiger partial charge is 0.238 e. The first-order valence-corrected chi connectivity index (χ1v) is 10.3. The predicted octanol–water partition coefficient (Wildman–Crippen LogP) is 3.58. The molecule has 1 heterocycles. The van der Waals surface area contributed by atoms with Crippen LogP contribution in [0.15, 0.2) is 48.5 Å². The summed E-state index contributed by atoms with van der Waals surface area (Å²) in [5.74, 6) is 0.408. The molecule has 5 nitrogen and oxygen atoms in total. The summed E-state index contributed by atoms with van der Waals surface area (Å²) in [5, 5.41) is 3.04. The van der Waals surface area contributed by atoms with Gasteiger partial charge in [-0.15, -0.1) is 0 Å². The molecule has 2 aromatic rings. The highest BCUT2D eigenvalue weighted by Crippen LogP contribution is 2.21. The lowest BCUT2D eigenvalue weighted by Crippen LogP contribution is -2.50.